The summed E-state index contributed by atoms with van der Waals surface area (Å²) in [5, 5.41) is 9.43. The molecule has 0 radical (unpaired) electrons. The predicted molar refractivity (Wildman–Crippen MR) is 56.2 cm³/mol. The highest BCUT2D eigenvalue weighted by molar-refractivity contribution is 6.35. The molecule has 4 nitrogen and oxygen atoms in total. The summed E-state index contributed by atoms with van der Waals surface area (Å²) in [6.45, 7) is 1.34. The number of hydrogen-bond acceptors (Lipinski definition) is 4. The molecule has 1 aromatic rings. The van der Waals surface area contributed by atoms with Crippen LogP contribution in [0.4, 0.5) is 0 Å². The van der Waals surface area contributed by atoms with Crippen molar-refractivity contribution >= 4 is 17.4 Å². The number of benzene rings is 1. The highest BCUT2D eigenvalue weighted by Crippen LogP contribution is 2.41. The van der Waals surface area contributed by atoms with Crippen LogP contribution in [0.3, 0.4) is 0 Å². The third-order valence-electron chi connectivity index (χ3n) is 1.94. The largest absolute Gasteiger partial charge is 0.506 e. The summed E-state index contributed by atoms with van der Waals surface area (Å²) in [7, 11) is 2.81. The van der Waals surface area contributed by atoms with E-state index in [4.69, 9.17) is 21.1 Å². The highest BCUT2D eigenvalue weighted by Gasteiger charge is 2.21. The maximum absolute atomic E-state index is 11.3. The molecule has 0 aliphatic rings. The minimum absolute atomic E-state index is 0.0276. The van der Waals surface area contributed by atoms with Crippen molar-refractivity contribution in [3.63, 3.8) is 0 Å². The number of phenols is 1. The van der Waals surface area contributed by atoms with Crippen LogP contribution in [-0.4, -0.2) is 25.1 Å². The molecule has 0 saturated heterocycles. The van der Waals surface area contributed by atoms with Crippen LogP contribution >= 0.6 is 11.6 Å². The van der Waals surface area contributed by atoms with E-state index in [2.05, 4.69) is 0 Å². The molecule has 0 saturated carbocycles. The van der Waals surface area contributed by atoms with Crippen LogP contribution in [0.5, 0.6) is 17.2 Å². The Morgan fingerprint density at radius 2 is 2.00 bits per heavy atom. The van der Waals surface area contributed by atoms with Gasteiger partial charge in [0.05, 0.1) is 24.8 Å². The number of aromatic hydroxyl groups is 1. The quantitative estimate of drug-likeness (QED) is 0.810. The zero-order valence-electron chi connectivity index (χ0n) is 8.63. The normalized spacial score (nSPS) is 9.87. The minimum atomic E-state index is -0.300. The fraction of sp³-hybridized carbons (Fsp3) is 0.300. The fourth-order valence-corrected chi connectivity index (χ4v) is 1.55. The van der Waals surface area contributed by atoms with Crippen molar-refractivity contribution in [3.05, 3.63) is 16.7 Å². The van der Waals surface area contributed by atoms with Gasteiger partial charge in [0, 0.05) is 6.07 Å². The standard InChI is InChI=1S/C10H11ClO4/c1-5(12)8-9(11)6(13)4-7(14-2)10(8)15-3/h4,13H,1-3H3. The third kappa shape index (κ3) is 1.99. The first-order chi connectivity index (χ1) is 7.02. The van der Waals surface area contributed by atoms with Gasteiger partial charge in [-0.2, -0.15) is 0 Å². The average molecular weight is 231 g/mol. The van der Waals surface area contributed by atoms with Crippen molar-refractivity contribution in [2.24, 2.45) is 0 Å². The first-order valence-electron chi connectivity index (χ1n) is 4.17. The molecule has 0 unspecified atom stereocenters. The zero-order chi connectivity index (χ0) is 11.6. The summed E-state index contributed by atoms with van der Waals surface area (Å²) in [5.41, 5.74) is 0.121. The summed E-state index contributed by atoms with van der Waals surface area (Å²) in [6, 6.07) is 1.30. The maximum Gasteiger partial charge on any atom is 0.173 e. The van der Waals surface area contributed by atoms with Crippen LogP contribution in [0.1, 0.15) is 17.3 Å². The first-order valence-corrected chi connectivity index (χ1v) is 4.55. The predicted octanol–water partition coefficient (Wildman–Crippen LogP) is 2.27. The van der Waals surface area contributed by atoms with Crippen molar-refractivity contribution in [3.8, 4) is 17.2 Å². The molecule has 82 valence electrons. The molecule has 0 amide bonds. The van der Waals surface area contributed by atoms with E-state index in [1.54, 1.807) is 0 Å². The van der Waals surface area contributed by atoms with Crippen LogP contribution in [0.2, 0.25) is 5.02 Å². The van der Waals surface area contributed by atoms with Gasteiger partial charge in [0.1, 0.15) is 5.75 Å². The van der Waals surface area contributed by atoms with Gasteiger partial charge in [0.15, 0.2) is 17.3 Å². The second-order valence-corrected chi connectivity index (χ2v) is 3.25. The van der Waals surface area contributed by atoms with Gasteiger partial charge in [-0.25, -0.2) is 0 Å². The van der Waals surface area contributed by atoms with Crippen LogP contribution < -0.4 is 9.47 Å². The van der Waals surface area contributed by atoms with Crippen molar-refractivity contribution in [1.82, 2.24) is 0 Å². The van der Waals surface area contributed by atoms with Crippen LogP contribution in [0.25, 0.3) is 0 Å². The highest BCUT2D eigenvalue weighted by atomic mass is 35.5. The molecule has 1 aromatic carbocycles. The Labute approximate surface area is 92.4 Å². The summed E-state index contributed by atoms with van der Waals surface area (Å²) < 4.78 is 9.99. The molecule has 1 N–H and O–H groups in total. The number of carbonyl (C=O) groups is 1. The van der Waals surface area contributed by atoms with E-state index in [0.29, 0.717) is 0 Å². The number of hydrogen-bond donors (Lipinski definition) is 1. The van der Waals surface area contributed by atoms with E-state index in [0.717, 1.165) is 0 Å². The average Bonchev–Trinajstić information content (AvgIpc) is 2.20. The van der Waals surface area contributed by atoms with Gasteiger partial charge in [-0.1, -0.05) is 11.6 Å². The molecule has 0 aromatic heterocycles. The van der Waals surface area contributed by atoms with E-state index >= 15 is 0 Å². The molecule has 0 heterocycles. The Hall–Kier alpha value is -1.42. The van der Waals surface area contributed by atoms with Gasteiger partial charge in [0.25, 0.3) is 0 Å². The number of ether oxygens (including phenoxy) is 2. The lowest BCUT2D eigenvalue weighted by molar-refractivity contribution is 0.101. The van der Waals surface area contributed by atoms with Crippen molar-refractivity contribution in [2.45, 2.75) is 6.92 Å². The Morgan fingerprint density at radius 3 is 2.40 bits per heavy atom. The van der Waals surface area contributed by atoms with Crippen molar-refractivity contribution in [2.75, 3.05) is 14.2 Å². The van der Waals surface area contributed by atoms with E-state index < -0.39 is 0 Å². The molecule has 15 heavy (non-hydrogen) atoms. The van der Waals surface area contributed by atoms with E-state index in [9.17, 15) is 9.90 Å². The van der Waals surface area contributed by atoms with Crippen LogP contribution in [0, 0.1) is 0 Å². The van der Waals surface area contributed by atoms with Gasteiger partial charge in [-0.3, -0.25) is 4.79 Å². The minimum Gasteiger partial charge on any atom is -0.506 e. The number of carbonyl (C=O) groups excluding carboxylic acids is 1. The molecular weight excluding hydrogens is 220 g/mol. The van der Waals surface area contributed by atoms with E-state index in [1.807, 2.05) is 0 Å². The Morgan fingerprint density at radius 1 is 1.40 bits per heavy atom. The molecule has 0 aliphatic carbocycles. The third-order valence-corrected chi connectivity index (χ3v) is 2.32. The lowest BCUT2D eigenvalue weighted by atomic mass is 10.1. The van der Waals surface area contributed by atoms with Crippen LogP contribution in [-0.2, 0) is 0 Å². The van der Waals surface area contributed by atoms with Crippen molar-refractivity contribution in [1.29, 1.82) is 0 Å². The maximum atomic E-state index is 11.3. The lowest BCUT2D eigenvalue weighted by Crippen LogP contribution is -2.01. The van der Waals surface area contributed by atoms with Gasteiger partial charge < -0.3 is 14.6 Å². The Kier molecular flexibility index (Phi) is 3.42. The van der Waals surface area contributed by atoms with E-state index in [1.165, 1.54) is 27.2 Å². The zero-order valence-corrected chi connectivity index (χ0v) is 9.38. The lowest BCUT2D eigenvalue weighted by Gasteiger charge is -2.13. The van der Waals surface area contributed by atoms with Gasteiger partial charge in [-0.15, -0.1) is 0 Å². The monoisotopic (exact) mass is 230 g/mol. The molecule has 0 atom stereocenters. The summed E-state index contributed by atoms with van der Waals surface area (Å²) in [5.74, 6) is -0.0111. The second kappa shape index (κ2) is 4.40. The number of halogens is 1. The summed E-state index contributed by atoms with van der Waals surface area (Å²) in [6.07, 6.45) is 0. The SMILES string of the molecule is COc1cc(O)c(Cl)c(C(C)=O)c1OC. The fourth-order valence-electron chi connectivity index (χ4n) is 1.27. The van der Waals surface area contributed by atoms with Crippen molar-refractivity contribution < 1.29 is 19.4 Å². The number of rotatable bonds is 3. The molecule has 0 bridgehead atoms. The molecule has 1 rings (SSSR count). The first kappa shape index (κ1) is 11.7. The number of Topliss-reactive ketones (excluding diaryl/α,β-unsaturated/α-hetero) is 1. The number of methoxy groups -OCH3 is 2. The number of ketones is 1. The van der Waals surface area contributed by atoms with Crippen LogP contribution in [0.15, 0.2) is 6.07 Å². The Bertz CT molecular complexity index is 401. The molecule has 5 heteroatoms. The van der Waals surface area contributed by atoms with Gasteiger partial charge in [-0.05, 0) is 6.92 Å². The second-order valence-electron chi connectivity index (χ2n) is 2.88. The van der Waals surface area contributed by atoms with Gasteiger partial charge >= 0.3 is 0 Å². The number of phenolic OH excluding ortho intramolecular Hbond substituents is 1. The Balaban J connectivity index is 3.56. The van der Waals surface area contributed by atoms with Gasteiger partial charge in [0.2, 0.25) is 0 Å². The topological polar surface area (TPSA) is 55.8 Å². The summed E-state index contributed by atoms with van der Waals surface area (Å²) in [4.78, 5) is 11.3. The summed E-state index contributed by atoms with van der Waals surface area (Å²) >= 11 is 5.79. The molecule has 0 spiro atoms. The molecule has 0 fully saturated rings. The molecular formula is C10H11ClO4. The molecule has 0 aliphatic heterocycles. The smallest absolute Gasteiger partial charge is 0.173 e. The van der Waals surface area contributed by atoms with E-state index in [-0.39, 0.29) is 33.6 Å².